The fraction of sp³-hybridized carbons (Fsp3) is 0. The summed E-state index contributed by atoms with van der Waals surface area (Å²) in [6.45, 7) is 0. The van der Waals surface area contributed by atoms with Gasteiger partial charge in [-0.15, -0.1) is 0 Å². The lowest BCUT2D eigenvalue weighted by atomic mass is 10.0. The third-order valence-corrected chi connectivity index (χ3v) is 3.01. The molecule has 0 amide bonds. The van der Waals surface area contributed by atoms with Crippen LogP contribution in [-0.4, -0.2) is 9.97 Å². The van der Waals surface area contributed by atoms with Crippen molar-refractivity contribution < 1.29 is 8.83 Å². The minimum atomic E-state index is 0.771. The second-order valence-electron chi connectivity index (χ2n) is 4.01. The molecule has 4 aromatic rings. The first-order valence-electron chi connectivity index (χ1n) is 5.58. The van der Waals surface area contributed by atoms with Crippen LogP contribution in [0, 0.1) is 0 Å². The third kappa shape index (κ3) is 1.20. The Labute approximate surface area is 102 Å². The second kappa shape index (κ2) is 3.43. The molecule has 0 bridgehead atoms. The topological polar surface area (TPSA) is 52.1 Å². The molecule has 0 saturated carbocycles. The van der Waals surface area contributed by atoms with Crippen molar-refractivity contribution in [1.29, 1.82) is 0 Å². The molecule has 4 rings (SSSR count). The van der Waals surface area contributed by atoms with Gasteiger partial charge in [-0.25, -0.2) is 9.97 Å². The number of hydrogen-bond donors (Lipinski definition) is 0. The highest BCUT2D eigenvalue weighted by atomic mass is 16.3. The maximum absolute atomic E-state index is 5.32. The lowest BCUT2D eigenvalue weighted by Crippen LogP contribution is -1.82. The lowest BCUT2D eigenvalue weighted by Gasteiger charge is -2.02. The zero-order valence-corrected chi connectivity index (χ0v) is 9.33. The van der Waals surface area contributed by atoms with E-state index in [9.17, 15) is 0 Å². The van der Waals surface area contributed by atoms with E-state index in [0.29, 0.717) is 0 Å². The molecule has 86 valence electrons. The third-order valence-electron chi connectivity index (χ3n) is 3.01. The Morgan fingerprint density at radius 3 is 1.67 bits per heavy atom. The average molecular weight is 236 g/mol. The van der Waals surface area contributed by atoms with Crippen LogP contribution in [0.25, 0.3) is 33.3 Å². The van der Waals surface area contributed by atoms with Gasteiger partial charge in [0.15, 0.2) is 24.0 Å². The van der Waals surface area contributed by atoms with Gasteiger partial charge in [-0.3, -0.25) is 0 Å². The smallest absolute Gasteiger partial charge is 0.182 e. The van der Waals surface area contributed by atoms with Crippen molar-refractivity contribution in [2.75, 3.05) is 0 Å². The van der Waals surface area contributed by atoms with E-state index in [4.69, 9.17) is 8.83 Å². The van der Waals surface area contributed by atoms with Gasteiger partial charge in [-0.05, 0) is 12.1 Å². The fourth-order valence-corrected chi connectivity index (χ4v) is 2.21. The summed E-state index contributed by atoms with van der Waals surface area (Å²) >= 11 is 0. The standard InChI is InChI=1S/C14H8N2O2/c1-3-9(13-11(5-1)17-7-15-13)10-4-2-6-12-14(10)16-8-18-12/h1-8H. The Morgan fingerprint density at radius 1 is 0.667 bits per heavy atom. The minimum Gasteiger partial charge on any atom is -0.443 e. The molecule has 0 fully saturated rings. The first kappa shape index (κ1) is 9.41. The Morgan fingerprint density at radius 2 is 1.17 bits per heavy atom. The molecule has 0 aliphatic rings. The van der Waals surface area contributed by atoms with Crippen molar-refractivity contribution in [3.05, 3.63) is 49.2 Å². The molecule has 0 atom stereocenters. The summed E-state index contributed by atoms with van der Waals surface area (Å²) in [4.78, 5) is 8.52. The fourth-order valence-electron chi connectivity index (χ4n) is 2.21. The highest BCUT2D eigenvalue weighted by Crippen LogP contribution is 2.32. The summed E-state index contributed by atoms with van der Waals surface area (Å²) in [5.41, 5.74) is 5.23. The molecule has 2 heterocycles. The minimum absolute atomic E-state index is 0.771. The summed E-state index contributed by atoms with van der Waals surface area (Å²) in [5, 5.41) is 0. The van der Waals surface area contributed by atoms with Gasteiger partial charge in [0, 0.05) is 11.1 Å². The molecular weight excluding hydrogens is 228 g/mol. The van der Waals surface area contributed by atoms with Crippen LogP contribution >= 0.6 is 0 Å². The summed E-state index contributed by atoms with van der Waals surface area (Å²) in [6.07, 6.45) is 2.91. The van der Waals surface area contributed by atoms with Gasteiger partial charge < -0.3 is 8.83 Å². The number of oxazole rings is 2. The van der Waals surface area contributed by atoms with Crippen molar-refractivity contribution in [2.45, 2.75) is 0 Å². The first-order chi connectivity index (χ1) is 8.93. The van der Waals surface area contributed by atoms with E-state index in [-0.39, 0.29) is 0 Å². The quantitative estimate of drug-likeness (QED) is 0.506. The van der Waals surface area contributed by atoms with E-state index >= 15 is 0 Å². The van der Waals surface area contributed by atoms with E-state index in [2.05, 4.69) is 9.97 Å². The van der Waals surface area contributed by atoms with E-state index < -0.39 is 0 Å². The van der Waals surface area contributed by atoms with Crippen molar-refractivity contribution in [2.24, 2.45) is 0 Å². The number of aromatic nitrogens is 2. The van der Waals surface area contributed by atoms with Crippen molar-refractivity contribution in [3.63, 3.8) is 0 Å². The molecule has 0 spiro atoms. The van der Waals surface area contributed by atoms with E-state index in [1.807, 2.05) is 36.4 Å². The van der Waals surface area contributed by atoms with Crippen LogP contribution in [0.3, 0.4) is 0 Å². The normalized spacial score (nSPS) is 11.3. The van der Waals surface area contributed by atoms with Gasteiger partial charge in [0.05, 0.1) is 0 Å². The predicted octanol–water partition coefficient (Wildman–Crippen LogP) is 3.64. The molecular formula is C14H8N2O2. The molecule has 0 aliphatic heterocycles. The van der Waals surface area contributed by atoms with Crippen LogP contribution in [0.15, 0.2) is 58.0 Å². The number of nitrogens with zero attached hydrogens (tertiary/aromatic N) is 2. The average Bonchev–Trinajstić information content (AvgIpc) is 3.06. The SMILES string of the molecule is c1cc(-c2cccc3ocnc23)c2ncoc2c1. The van der Waals surface area contributed by atoms with Gasteiger partial charge >= 0.3 is 0 Å². The molecule has 2 aromatic heterocycles. The van der Waals surface area contributed by atoms with Gasteiger partial charge in [0.2, 0.25) is 0 Å². The summed E-state index contributed by atoms with van der Waals surface area (Å²) in [6, 6.07) is 11.7. The van der Waals surface area contributed by atoms with Gasteiger partial charge in [-0.1, -0.05) is 24.3 Å². The molecule has 0 saturated heterocycles. The van der Waals surface area contributed by atoms with Crippen LogP contribution in [0.5, 0.6) is 0 Å². The summed E-state index contributed by atoms with van der Waals surface area (Å²) in [7, 11) is 0. The Bertz CT molecular complexity index is 773. The Balaban J connectivity index is 2.13. The lowest BCUT2D eigenvalue weighted by molar-refractivity contribution is 0.602. The van der Waals surface area contributed by atoms with E-state index in [0.717, 1.165) is 33.3 Å². The van der Waals surface area contributed by atoms with E-state index in [1.165, 1.54) is 12.8 Å². The van der Waals surface area contributed by atoms with Crippen molar-refractivity contribution >= 4 is 22.2 Å². The molecule has 2 aromatic carbocycles. The van der Waals surface area contributed by atoms with Crippen LogP contribution in [0.1, 0.15) is 0 Å². The number of para-hydroxylation sites is 2. The van der Waals surface area contributed by atoms with E-state index in [1.54, 1.807) is 0 Å². The van der Waals surface area contributed by atoms with Crippen LogP contribution < -0.4 is 0 Å². The zero-order valence-electron chi connectivity index (χ0n) is 9.33. The van der Waals surface area contributed by atoms with Crippen LogP contribution in [0.2, 0.25) is 0 Å². The predicted molar refractivity (Wildman–Crippen MR) is 67.0 cm³/mol. The molecule has 0 radical (unpaired) electrons. The number of hydrogen-bond acceptors (Lipinski definition) is 4. The highest BCUT2D eigenvalue weighted by Gasteiger charge is 2.11. The largest absolute Gasteiger partial charge is 0.443 e. The molecule has 0 N–H and O–H groups in total. The molecule has 0 aliphatic carbocycles. The molecule has 0 unspecified atom stereocenters. The van der Waals surface area contributed by atoms with Gasteiger partial charge in [0.1, 0.15) is 11.0 Å². The molecule has 4 heteroatoms. The highest BCUT2D eigenvalue weighted by molar-refractivity contribution is 5.99. The van der Waals surface area contributed by atoms with Gasteiger partial charge in [-0.2, -0.15) is 0 Å². The zero-order chi connectivity index (χ0) is 11.9. The summed E-state index contributed by atoms with van der Waals surface area (Å²) in [5.74, 6) is 0. The number of rotatable bonds is 1. The number of fused-ring (bicyclic) bond motifs is 2. The monoisotopic (exact) mass is 236 g/mol. The van der Waals surface area contributed by atoms with Crippen molar-refractivity contribution in [3.8, 4) is 11.1 Å². The van der Waals surface area contributed by atoms with Crippen LogP contribution in [-0.2, 0) is 0 Å². The molecule has 4 nitrogen and oxygen atoms in total. The maximum atomic E-state index is 5.32. The maximum Gasteiger partial charge on any atom is 0.182 e. The van der Waals surface area contributed by atoms with Gasteiger partial charge in [0.25, 0.3) is 0 Å². The van der Waals surface area contributed by atoms with Crippen LogP contribution in [0.4, 0.5) is 0 Å². The number of benzene rings is 2. The molecule has 18 heavy (non-hydrogen) atoms. The summed E-state index contributed by atoms with van der Waals surface area (Å²) < 4.78 is 10.6. The van der Waals surface area contributed by atoms with Crippen molar-refractivity contribution in [1.82, 2.24) is 9.97 Å². The Kier molecular flexibility index (Phi) is 1.80. The first-order valence-corrected chi connectivity index (χ1v) is 5.58. The second-order valence-corrected chi connectivity index (χ2v) is 4.01. The Hall–Kier alpha value is -2.62.